The molecular weight excluding hydrogens is 380 g/mol. The van der Waals surface area contributed by atoms with E-state index in [1.54, 1.807) is 63.2 Å². The van der Waals surface area contributed by atoms with Crippen LogP contribution >= 0.6 is 0 Å². The predicted molar refractivity (Wildman–Crippen MR) is 106 cm³/mol. The molecule has 0 unspecified atom stereocenters. The Morgan fingerprint density at radius 1 is 1.14 bits per heavy atom. The van der Waals surface area contributed by atoms with Crippen LogP contribution in [-0.4, -0.2) is 38.4 Å². The minimum absolute atomic E-state index is 0.135. The maximum atomic E-state index is 13.2. The zero-order valence-electron chi connectivity index (χ0n) is 16.0. The van der Waals surface area contributed by atoms with Crippen LogP contribution in [-0.2, 0) is 20.3 Å². The number of sulfonamides is 1. The monoisotopic (exact) mass is 404 g/mol. The van der Waals surface area contributed by atoms with Gasteiger partial charge in [-0.3, -0.25) is 4.31 Å². The molecule has 1 aliphatic rings. The molecule has 1 aliphatic heterocycles. The summed E-state index contributed by atoms with van der Waals surface area (Å²) >= 11 is 0. The largest absolute Gasteiger partial charge is 0.444 e. The molecule has 1 amide bonds. The van der Waals surface area contributed by atoms with Gasteiger partial charge in [0.15, 0.2) is 0 Å². The van der Waals surface area contributed by atoms with Crippen molar-refractivity contribution < 1.29 is 23.1 Å². The minimum Gasteiger partial charge on any atom is -0.444 e. The summed E-state index contributed by atoms with van der Waals surface area (Å²) in [6, 6.07) is 14.9. The molecule has 2 aromatic rings. The van der Waals surface area contributed by atoms with E-state index in [0.29, 0.717) is 11.3 Å². The number of alkyl carbamates (subject to hydrolysis) is 1. The first kappa shape index (κ1) is 20.2. The van der Waals surface area contributed by atoms with Crippen molar-refractivity contribution in [3.05, 3.63) is 60.2 Å². The fourth-order valence-corrected chi connectivity index (χ4v) is 4.79. The van der Waals surface area contributed by atoms with Gasteiger partial charge in [-0.25, -0.2) is 13.2 Å². The van der Waals surface area contributed by atoms with Crippen molar-refractivity contribution in [1.29, 1.82) is 0 Å². The number of fused-ring (bicyclic) bond motifs is 1. The summed E-state index contributed by atoms with van der Waals surface area (Å²) in [4.78, 5) is 12.5. The number of rotatable bonds is 4. The van der Waals surface area contributed by atoms with Crippen LogP contribution in [0.1, 0.15) is 26.3 Å². The molecule has 7 nitrogen and oxygen atoms in total. The summed E-state index contributed by atoms with van der Waals surface area (Å²) in [7, 11) is -3.87. The summed E-state index contributed by atoms with van der Waals surface area (Å²) < 4.78 is 33.0. The first-order valence-corrected chi connectivity index (χ1v) is 10.3. The Hall–Kier alpha value is -2.58. The number of aliphatic hydroxyl groups excluding tert-OH is 1. The van der Waals surface area contributed by atoms with Crippen molar-refractivity contribution in [1.82, 2.24) is 5.32 Å². The van der Waals surface area contributed by atoms with Gasteiger partial charge in [0, 0.05) is 5.56 Å². The van der Waals surface area contributed by atoms with Crippen LogP contribution in [0.25, 0.3) is 0 Å². The van der Waals surface area contributed by atoms with Gasteiger partial charge in [-0.15, -0.1) is 0 Å². The first-order chi connectivity index (χ1) is 13.1. The highest BCUT2D eigenvalue weighted by molar-refractivity contribution is 7.92. The second kappa shape index (κ2) is 7.10. The maximum Gasteiger partial charge on any atom is 0.408 e. The van der Waals surface area contributed by atoms with Crippen LogP contribution in [0.2, 0.25) is 0 Å². The Bertz CT molecular complexity index is 970. The molecule has 0 bridgehead atoms. The summed E-state index contributed by atoms with van der Waals surface area (Å²) in [5.41, 5.74) is -1.10. The molecule has 2 N–H and O–H groups in total. The van der Waals surface area contributed by atoms with Crippen molar-refractivity contribution in [3.8, 4) is 0 Å². The number of amides is 1. The number of carbonyl (C=O) groups is 1. The van der Waals surface area contributed by atoms with Gasteiger partial charge in [-0.2, -0.15) is 0 Å². The van der Waals surface area contributed by atoms with Crippen LogP contribution < -0.4 is 9.62 Å². The average Bonchev–Trinajstić information content (AvgIpc) is 2.97. The second-order valence-corrected chi connectivity index (χ2v) is 9.57. The van der Waals surface area contributed by atoms with Crippen LogP contribution in [0.15, 0.2) is 59.5 Å². The molecule has 0 fully saturated rings. The van der Waals surface area contributed by atoms with Crippen molar-refractivity contribution in [2.75, 3.05) is 17.5 Å². The lowest BCUT2D eigenvalue weighted by Crippen LogP contribution is -2.53. The molecule has 28 heavy (non-hydrogen) atoms. The van der Waals surface area contributed by atoms with Gasteiger partial charge in [-0.05, 0) is 39.0 Å². The maximum absolute atomic E-state index is 13.2. The van der Waals surface area contributed by atoms with Crippen LogP contribution in [0.5, 0.6) is 0 Å². The fraction of sp³-hybridized carbons (Fsp3) is 0.350. The third-order valence-corrected chi connectivity index (χ3v) is 6.22. The van der Waals surface area contributed by atoms with Crippen LogP contribution in [0, 0.1) is 0 Å². The van der Waals surface area contributed by atoms with Gasteiger partial charge >= 0.3 is 6.09 Å². The van der Waals surface area contributed by atoms with Gasteiger partial charge in [0.25, 0.3) is 10.0 Å². The second-order valence-electron chi connectivity index (χ2n) is 7.71. The molecule has 2 aromatic carbocycles. The van der Waals surface area contributed by atoms with Crippen LogP contribution in [0.3, 0.4) is 0 Å². The summed E-state index contributed by atoms with van der Waals surface area (Å²) in [5, 5.41) is 12.9. The van der Waals surface area contributed by atoms with E-state index in [1.165, 1.54) is 16.4 Å². The number of para-hydroxylation sites is 1. The van der Waals surface area contributed by atoms with E-state index in [0.717, 1.165) is 0 Å². The van der Waals surface area contributed by atoms with E-state index in [4.69, 9.17) is 4.74 Å². The molecule has 1 heterocycles. The topological polar surface area (TPSA) is 95.9 Å². The molecule has 0 saturated heterocycles. The van der Waals surface area contributed by atoms with Gasteiger partial charge in [0.2, 0.25) is 0 Å². The molecule has 0 spiro atoms. The highest BCUT2D eigenvalue weighted by atomic mass is 32.2. The van der Waals surface area contributed by atoms with E-state index in [9.17, 15) is 18.3 Å². The van der Waals surface area contributed by atoms with Crippen molar-refractivity contribution in [2.45, 2.75) is 36.8 Å². The zero-order valence-corrected chi connectivity index (χ0v) is 16.9. The highest BCUT2D eigenvalue weighted by Gasteiger charge is 2.48. The molecule has 0 saturated carbocycles. The third-order valence-electron chi connectivity index (χ3n) is 4.44. The molecule has 1 atom stereocenters. The molecule has 8 heteroatoms. The molecule has 0 aliphatic carbocycles. The van der Waals surface area contributed by atoms with E-state index < -0.39 is 33.9 Å². The number of hydrogen-bond acceptors (Lipinski definition) is 5. The number of carbonyl (C=O) groups excluding carboxylic acids is 1. The predicted octanol–water partition coefficient (Wildman–Crippen LogP) is 2.61. The van der Waals surface area contributed by atoms with Gasteiger partial charge in [0.05, 0.1) is 23.7 Å². The minimum atomic E-state index is -3.87. The molecule has 3 rings (SSSR count). The Morgan fingerprint density at radius 3 is 2.36 bits per heavy atom. The molecule has 150 valence electrons. The fourth-order valence-electron chi connectivity index (χ4n) is 3.23. The smallest absolute Gasteiger partial charge is 0.408 e. The Balaban J connectivity index is 2.03. The lowest BCUT2D eigenvalue weighted by Gasteiger charge is -2.31. The first-order valence-electron chi connectivity index (χ1n) is 8.88. The molecule has 0 radical (unpaired) electrons. The SMILES string of the molecule is CC(C)(C)OC(=O)N[C@@]1(CO)CN(S(=O)(=O)c2ccccc2)c2ccccc21. The number of hydrogen-bond donors (Lipinski definition) is 2. The number of nitrogens with zero attached hydrogens (tertiary/aromatic N) is 1. The molecule has 0 aromatic heterocycles. The molecular formula is C20H24N2O5S. The standard InChI is InChI=1S/C20H24N2O5S/c1-19(2,3)27-18(24)21-20(14-23)13-22(17-12-8-7-11-16(17)20)28(25,26)15-9-5-4-6-10-15/h4-12,23H,13-14H2,1-3H3,(H,21,24)/t20-/m1/s1. The van der Waals surface area contributed by atoms with Gasteiger partial charge in [-0.1, -0.05) is 36.4 Å². The Morgan fingerprint density at radius 2 is 1.75 bits per heavy atom. The number of ether oxygens (including phenoxy) is 1. The van der Waals surface area contributed by atoms with E-state index in [-0.39, 0.29) is 11.4 Å². The van der Waals surface area contributed by atoms with Gasteiger partial charge in [0.1, 0.15) is 11.1 Å². The number of benzene rings is 2. The Kier molecular flexibility index (Phi) is 5.12. The number of aliphatic hydroxyl groups is 1. The van der Waals surface area contributed by atoms with E-state index in [2.05, 4.69) is 5.32 Å². The van der Waals surface area contributed by atoms with Crippen molar-refractivity contribution in [3.63, 3.8) is 0 Å². The van der Waals surface area contributed by atoms with Crippen molar-refractivity contribution >= 4 is 21.8 Å². The van der Waals surface area contributed by atoms with Crippen LogP contribution in [0.4, 0.5) is 10.5 Å². The number of anilines is 1. The summed E-state index contributed by atoms with van der Waals surface area (Å²) in [6.07, 6.45) is -0.727. The van der Waals surface area contributed by atoms with Crippen molar-refractivity contribution in [2.24, 2.45) is 0 Å². The normalized spacial score (nSPS) is 19.2. The quantitative estimate of drug-likeness (QED) is 0.817. The Labute approximate surface area is 165 Å². The van der Waals surface area contributed by atoms with E-state index in [1.807, 2.05) is 0 Å². The zero-order chi connectivity index (χ0) is 20.6. The van der Waals surface area contributed by atoms with Gasteiger partial charge < -0.3 is 15.2 Å². The summed E-state index contributed by atoms with van der Waals surface area (Å²) in [6.45, 7) is 4.57. The number of nitrogens with one attached hydrogen (secondary N) is 1. The summed E-state index contributed by atoms with van der Waals surface area (Å²) in [5.74, 6) is 0. The third kappa shape index (κ3) is 3.70. The lowest BCUT2D eigenvalue weighted by atomic mass is 9.93. The lowest BCUT2D eigenvalue weighted by molar-refractivity contribution is 0.0410. The highest BCUT2D eigenvalue weighted by Crippen LogP contribution is 2.42. The van der Waals surface area contributed by atoms with E-state index >= 15 is 0 Å². The average molecular weight is 404 g/mol.